The van der Waals surface area contributed by atoms with Gasteiger partial charge in [0.2, 0.25) is 12.2 Å². The van der Waals surface area contributed by atoms with Gasteiger partial charge in [-0.15, -0.1) is 0 Å². The summed E-state index contributed by atoms with van der Waals surface area (Å²) < 4.78 is 0. The molecule has 0 bridgehead atoms. The van der Waals surface area contributed by atoms with E-state index in [1.807, 2.05) is 0 Å². The average Bonchev–Trinajstić information content (AvgIpc) is 2.21. The Morgan fingerprint density at radius 2 is 1.57 bits per heavy atom. The van der Waals surface area contributed by atoms with E-state index in [4.69, 9.17) is 0 Å². The summed E-state index contributed by atoms with van der Waals surface area (Å²) in [5.41, 5.74) is 0. The molecule has 0 spiro atoms. The lowest BCUT2D eigenvalue weighted by atomic mass is 9.91. The van der Waals surface area contributed by atoms with Gasteiger partial charge in [0.25, 0.3) is 0 Å². The van der Waals surface area contributed by atoms with Crippen LogP contribution in [0.1, 0.15) is 39.0 Å². The van der Waals surface area contributed by atoms with Gasteiger partial charge in [-0.05, 0) is 5.92 Å². The van der Waals surface area contributed by atoms with Crippen LogP contribution < -0.4 is 0 Å². The van der Waals surface area contributed by atoms with E-state index in [1.165, 1.54) is 44.3 Å². The van der Waals surface area contributed by atoms with E-state index in [2.05, 4.69) is 16.9 Å². The Bertz CT molecular complexity index is 206. The minimum atomic E-state index is -0.160. The maximum absolute atomic E-state index is 9.20. The number of hydrogen-bond acceptors (Lipinski definition) is 4. The molecule has 0 aromatic carbocycles. The van der Waals surface area contributed by atoms with Crippen LogP contribution in [0.4, 0.5) is 0 Å². The molecule has 0 unspecified atom stereocenters. The second-order valence-electron chi connectivity index (χ2n) is 3.38. The van der Waals surface area contributed by atoms with E-state index in [0.29, 0.717) is 0 Å². The molecule has 4 nitrogen and oxygen atoms in total. The smallest absolute Gasteiger partial charge is 0.211 e. The van der Waals surface area contributed by atoms with Gasteiger partial charge in [-0.2, -0.15) is 9.98 Å². The summed E-state index contributed by atoms with van der Waals surface area (Å²) in [5.74, 6) is 1.04. The molecule has 1 aliphatic carbocycles. The van der Waals surface area contributed by atoms with E-state index >= 15 is 0 Å². The van der Waals surface area contributed by atoms with Crippen molar-refractivity contribution in [3.63, 3.8) is 0 Å². The molecule has 0 saturated heterocycles. The van der Waals surface area contributed by atoms with Crippen LogP contribution in [0.5, 0.6) is 0 Å². The van der Waals surface area contributed by atoms with Gasteiger partial charge in [0.1, 0.15) is 0 Å². The van der Waals surface area contributed by atoms with Crippen molar-refractivity contribution in [2.24, 2.45) is 15.9 Å². The van der Waals surface area contributed by atoms with Crippen molar-refractivity contribution in [1.82, 2.24) is 0 Å². The maximum atomic E-state index is 9.20. The highest BCUT2D eigenvalue weighted by Gasteiger charge is 2.05. The van der Waals surface area contributed by atoms with Crippen LogP contribution in [-0.2, 0) is 9.59 Å². The summed E-state index contributed by atoms with van der Waals surface area (Å²) in [6.45, 7) is 2.20. The Hall–Kier alpha value is -1.24. The summed E-state index contributed by atoms with van der Waals surface area (Å²) in [6, 6.07) is 0. The second-order valence-corrected chi connectivity index (χ2v) is 3.38. The van der Waals surface area contributed by atoms with E-state index in [0.717, 1.165) is 5.92 Å². The Balaban J connectivity index is 0.000000241. The lowest BCUT2D eigenvalue weighted by molar-refractivity contribution is 0.385. The van der Waals surface area contributed by atoms with Crippen LogP contribution in [0.2, 0.25) is 0 Å². The van der Waals surface area contributed by atoms with Gasteiger partial charge in [0.05, 0.1) is 0 Å². The lowest BCUT2D eigenvalue weighted by Crippen LogP contribution is -1.99. The second kappa shape index (κ2) is 9.85. The van der Waals surface area contributed by atoms with Crippen LogP contribution in [0.25, 0.3) is 0 Å². The first kappa shape index (κ1) is 12.8. The van der Waals surface area contributed by atoms with E-state index < -0.39 is 0 Å². The number of aliphatic imine (C=N–C) groups is 2. The first-order valence-corrected chi connectivity index (χ1v) is 4.88. The Kier molecular flexibility index (Phi) is 8.97. The normalized spacial score (nSPS) is 15.5. The Labute approximate surface area is 84.1 Å². The molecule has 1 rings (SSSR count). The van der Waals surface area contributed by atoms with Crippen molar-refractivity contribution in [1.29, 1.82) is 0 Å². The molecule has 0 heterocycles. The molecule has 0 atom stereocenters. The fraction of sp³-hybridized carbons (Fsp3) is 0.800. The van der Waals surface area contributed by atoms with Crippen LogP contribution in [0.3, 0.4) is 0 Å². The predicted molar refractivity (Wildman–Crippen MR) is 53.4 cm³/mol. The third-order valence-electron chi connectivity index (χ3n) is 2.16. The molecular weight excluding hydrogens is 180 g/mol. The SMILES string of the molecule is CC1CCCCC1.O=C=NCN=C=O. The van der Waals surface area contributed by atoms with Gasteiger partial charge in [0.15, 0.2) is 6.67 Å². The van der Waals surface area contributed by atoms with Crippen LogP contribution in [0, 0.1) is 5.92 Å². The van der Waals surface area contributed by atoms with Crippen molar-refractivity contribution < 1.29 is 9.59 Å². The number of nitrogens with zero attached hydrogens (tertiary/aromatic N) is 2. The molecule has 1 aliphatic rings. The molecule has 78 valence electrons. The molecule has 0 aromatic heterocycles. The molecule has 0 radical (unpaired) electrons. The Morgan fingerprint density at radius 1 is 1.07 bits per heavy atom. The summed E-state index contributed by atoms with van der Waals surface area (Å²) in [4.78, 5) is 24.2. The van der Waals surface area contributed by atoms with Crippen molar-refractivity contribution >= 4 is 12.2 Å². The highest BCUT2D eigenvalue weighted by atomic mass is 16.1. The maximum Gasteiger partial charge on any atom is 0.236 e. The first-order valence-electron chi connectivity index (χ1n) is 4.88. The minimum absolute atomic E-state index is 0.160. The average molecular weight is 196 g/mol. The van der Waals surface area contributed by atoms with E-state index in [1.54, 1.807) is 0 Å². The van der Waals surface area contributed by atoms with Gasteiger partial charge in [-0.25, -0.2) is 9.59 Å². The summed E-state index contributed by atoms with van der Waals surface area (Å²) in [7, 11) is 0. The third kappa shape index (κ3) is 8.85. The summed E-state index contributed by atoms with van der Waals surface area (Å²) in [6.07, 6.45) is 9.85. The highest BCUT2D eigenvalue weighted by molar-refractivity contribution is 5.35. The summed E-state index contributed by atoms with van der Waals surface area (Å²) in [5, 5.41) is 0. The zero-order chi connectivity index (χ0) is 10.6. The molecule has 14 heavy (non-hydrogen) atoms. The number of hydrogen-bond donors (Lipinski definition) is 0. The Morgan fingerprint density at radius 3 is 1.86 bits per heavy atom. The minimum Gasteiger partial charge on any atom is -0.211 e. The largest absolute Gasteiger partial charge is 0.236 e. The van der Waals surface area contributed by atoms with Crippen molar-refractivity contribution in [2.45, 2.75) is 39.0 Å². The molecule has 0 aromatic rings. The van der Waals surface area contributed by atoms with Crippen molar-refractivity contribution in [2.75, 3.05) is 6.67 Å². The van der Waals surface area contributed by atoms with Gasteiger partial charge in [0, 0.05) is 0 Å². The highest BCUT2D eigenvalue weighted by Crippen LogP contribution is 2.21. The van der Waals surface area contributed by atoms with Crippen LogP contribution in [-0.4, -0.2) is 18.8 Å². The summed E-state index contributed by atoms with van der Waals surface area (Å²) >= 11 is 0. The molecule has 4 heteroatoms. The molecule has 0 aliphatic heterocycles. The standard InChI is InChI=1S/C7H14.C3H2N2O2/c1-7-5-3-2-4-6-7;6-2-4-1-5-3-7/h7H,2-6H2,1H3;1H2. The quantitative estimate of drug-likeness (QED) is 0.502. The third-order valence-corrected chi connectivity index (χ3v) is 2.16. The molecule has 0 N–H and O–H groups in total. The van der Waals surface area contributed by atoms with Gasteiger partial charge < -0.3 is 0 Å². The van der Waals surface area contributed by atoms with Crippen molar-refractivity contribution in [3.05, 3.63) is 0 Å². The molecule has 0 amide bonds. The zero-order valence-corrected chi connectivity index (χ0v) is 8.53. The van der Waals surface area contributed by atoms with Crippen LogP contribution in [0.15, 0.2) is 9.98 Å². The van der Waals surface area contributed by atoms with Crippen LogP contribution >= 0.6 is 0 Å². The topological polar surface area (TPSA) is 58.9 Å². The van der Waals surface area contributed by atoms with Gasteiger partial charge in [-0.1, -0.05) is 39.0 Å². The molecular formula is C10H16N2O2. The monoisotopic (exact) mass is 196 g/mol. The van der Waals surface area contributed by atoms with Gasteiger partial charge >= 0.3 is 0 Å². The molecule has 1 saturated carbocycles. The first-order chi connectivity index (χ1) is 6.81. The molecule has 1 fully saturated rings. The number of carbonyl (C=O) groups excluding carboxylic acids is 2. The van der Waals surface area contributed by atoms with Gasteiger partial charge in [-0.3, -0.25) is 0 Å². The predicted octanol–water partition coefficient (Wildman–Crippen LogP) is 2.20. The van der Waals surface area contributed by atoms with E-state index in [9.17, 15) is 9.59 Å². The fourth-order valence-corrected chi connectivity index (χ4v) is 1.40. The lowest BCUT2D eigenvalue weighted by Gasteiger charge is -2.15. The fourth-order valence-electron chi connectivity index (χ4n) is 1.40. The number of rotatable bonds is 2. The van der Waals surface area contributed by atoms with E-state index in [-0.39, 0.29) is 6.67 Å². The zero-order valence-electron chi connectivity index (χ0n) is 8.53. The van der Waals surface area contributed by atoms with Crippen molar-refractivity contribution in [3.8, 4) is 0 Å². The number of isocyanates is 2.